The van der Waals surface area contributed by atoms with Gasteiger partial charge in [0.25, 0.3) is 0 Å². The number of amides is 1. The Balaban J connectivity index is 2.36. The molecule has 1 amide bonds. The molecule has 5 heteroatoms. The lowest BCUT2D eigenvalue weighted by Crippen LogP contribution is -2.53. The number of carbonyl (C=O) groups is 2. The summed E-state index contributed by atoms with van der Waals surface area (Å²) in [6.45, 7) is 6.71. The zero-order valence-corrected chi connectivity index (χ0v) is 11.6. The normalized spacial score (nSPS) is 20.8. The van der Waals surface area contributed by atoms with Gasteiger partial charge in [-0.1, -0.05) is 6.92 Å². The van der Waals surface area contributed by atoms with Crippen LogP contribution < -0.4 is 0 Å². The van der Waals surface area contributed by atoms with Crippen molar-refractivity contribution in [1.29, 1.82) is 0 Å². The fourth-order valence-corrected chi connectivity index (χ4v) is 2.21. The summed E-state index contributed by atoms with van der Waals surface area (Å²) in [6.07, 6.45) is 1.49. The lowest BCUT2D eigenvalue weighted by Gasteiger charge is -2.39. The van der Waals surface area contributed by atoms with Gasteiger partial charge in [0.05, 0.1) is 13.0 Å². The lowest BCUT2D eigenvalue weighted by atomic mass is 10.1. The van der Waals surface area contributed by atoms with E-state index in [2.05, 4.69) is 18.9 Å². The number of hydrogen-bond acceptors (Lipinski definition) is 4. The SMILES string of the molecule is CCOC(=O)CCC(=O)N1CCN(C)C(CC)C1. The maximum atomic E-state index is 12.0. The van der Waals surface area contributed by atoms with Gasteiger partial charge in [-0.3, -0.25) is 14.5 Å². The van der Waals surface area contributed by atoms with Crippen LogP contribution >= 0.6 is 0 Å². The van der Waals surface area contributed by atoms with Crippen molar-refractivity contribution in [3.05, 3.63) is 0 Å². The van der Waals surface area contributed by atoms with E-state index in [1.54, 1.807) is 6.92 Å². The van der Waals surface area contributed by atoms with Gasteiger partial charge in [-0.05, 0) is 20.4 Å². The quantitative estimate of drug-likeness (QED) is 0.685. The molecule has 0 radical (unpaired) electrons. The Morgan fingerprint density at radius 3 is 2.56 bits per heavy atom. The molecule has 5 nitrogen and oxygen atoms in total. The van der Waals surface area contributed by atoms with Crippen LogP contribution in [0.15, 0.2) is 0 Å². The van der Waals surface area contributed by atoms with Gasteiger partial charge in [0.15, 0.2) is 0 Å². The summed E-state index contributed by atoms with van der Waals surface area (Å²) >= 11 is 0. The van der Waals surface area contributed by atoms with Crippen molar-refractivity contribution >= 4 is 11.9 Å². The first-order valence-corrected chi connectivity index (χ1v) is 6.72. The number of likely N-dealkylation sites (N-methyl/N-ethyl adjacent to an activating group) is 1. The Kier molecular flexibility index (Phi) is 6.12. The second-order valence-electron chi connectivity index (χ2n) is 4.69. The van der Waals surface area contributed by atoms with Crippen LogP contribution in [0.4, 0.5) is 0 Å². The highest BCUT2D eigenvalue weighted by atomic mass is 16.5. The summed E-state index contributed by atoms with van der Waals surface area (Å²) in [7, 11) is 2.09. The second kappa shape index (κ2) is 7.36. The Bertz CT molecular complexity index is 294. The molecule has 0 aromatic heterocycles. The molecule has 1 unspecified atom stereocenters. The molecule has 1 rings (SSSR count). The average Bonchev–Trinajstić information content (AvgIpc) is 2.37. The van der Waals surface area contributed by atoms with Crippen molar-refractivity contribution < 1.29 is 14.3 Å². The van der Waals surface area contributed by atoms with Crippen molar-refractivity contribution in [1.82, 2.24) is 9.80 Å². The smallest absolute Gasteiger partial charge is 0.306 e. The van der Waals surface area contributed by atoms with E-state index in [4.69, 9.17) is 4.74 Å². The fourth-order valence-electron chi connectivity index (χ4n) is 2.21. The first-order valence-electron chi connectivity index (χ1n) is 6.72. The molecule has 1 aliphatic rings. The van der Waals surface area contributed by atoms with Gasteiger partial charge in [-0.2, -0.15) is 0 Å². The molecule has 1 atom stereocenters. The third kappa shape index (κ3) is 4.29. The summed E-state index contributed by atoms with van der Waals surface area (Å²) in [5, 5.41) is 0. The third-order valence-electron chi connectivity index (χ3n) is 3.45. The van der Waals surface area contributed by atoms with Gasteiger partial charge in [0.1, 0.15) is 0 Å². The van der Waals surface area contributed by atoms with Crippen molar-refractivity contribution in [3.63, 3.8) is 0 Å². The van der Waals surface area contributed by atoms with Crippen LogP contribution in [0.25, 0.3) is 0 Å². The first kappa shape index (κ1) is 15.0. The summed E-state index contributed by atoms with van der Waals surface area (Å²) in [5.74, 6) is -0.221. The minimum atomic E-state index is -0.285. The van der Waals surface area contributed by atoms with Crippen molar-refractivity contribution in [2.75, 3.05) is 33.3 Å². The number of ether oxygens (including phenoxy) is 1. The molecule has 0 spiro atoms. The molecule has 1 aliphatic heterocycles. The number of nitrogens with zero attached hydrogens (tertiary/aromatic N) is 2. The second-order valence-corrected chi connectivity index (χ2v) is 4.69. The molecule has 0 aromatic rings. The maximum Gasteiger partial charge on any atom is 0.306 e. The molecule has 1 heterocycles. The van der Waals surface area contributed by atoms with Gasteiger partial charge in [-0.15, -0.1) is 0 Å². The minimum absolute atomic E-state index is 0.0644. The minimum Gasteiger partial charge on any atom is -0.466 e. The molecule has 0 N–H and O–H groups in total. The van der Waals surface area contributed by atoms with Crippen LogP contribution in [0.5, 0.6) is 0 Å². The summed E-state index contributed by atoms with van der Waals surface area (Å²) in [4.78, 5) is 27.3. The monoisotopic (exact) mass is 256 g/mol. The van der Waals surface area contributed by atoms with Crippen LogP contribution in [0.3, 0.4) is 0 Å². The van der Waals surface area contributed by atoms with Crippen LogP contribution in [-0.2, 0) is 14.3 Å². The van der Waals surface area contributed by atoms with Gasteiger partial charge in [0.2, 0.25) is 5.91 Å². The molecule has 0 aliphatic carbocycles. The topological polar surface area (TPSA) is 49.9 Å². The molecule has 1 saturated heterocycles. The molecule has 1 fully saturated rings. The summed E-state index contributed by atoms with van der Waals surface area (Å²) < 4.78 is 4.82. The fraction of sp³-hybridized carbons (Fsp3) is 0.846. The van der Waals surface area contributed by atoms with E-state index in [0.717, 1.165) is 26.1 Å². The summed E-state index contributed by atoms with van der Waals surface area (Å²) in [6, 6.07) is 0.435. The average molecular weight is 256 g/mol. The number of rotatable bonds is 5. The maximum absolute atomic E-state index is 12.0. The molecule has 0 aromatic carbocycles. The van der Waals surface area contributed by atoms with Crippen LogP contribution in [-0.4, -0.2) is 61.0 Å². The molecular formula is C13H24N2O3. The number of carbonyl (C=O) groups excluding carboxylic acids is 2. The van der Waals surface area contributed by atoms with Gasteiger partial charge in [-0.25, -0.2) is 0 Å². The third-order valence-corrected chi connectivity index (χ3v) is 3.45. The van der Waals surface area contributed by atoms with E-state index in [0.29, 0.717) is 12.6 Å². The molecule has 18 heavy (non-hydrogen) atoms. The van der Waals surface area contributed by atoms with Crippen LogP contribution in [0.2, 0.25) is 0 Å². The highest BCUT2D eigenvalue weighted by Gasteiger charge is 2.26. The van der Waals surface area contributed by atoms with E-state index in [1.165, 1.54) is 0 Å². The standard InChI is InChI=1S/C13H24N2O3/c1-4-11-10-15(9-8-14(11)3)12(16)6-7-13(17)18-5-2/h11H,4-10H2,1-3H3. The van der Waals surface area contributed by atoms with Crippen LogP contribution in [0.1, 0.15) is 33.1 Å². The van der Waals surface area contributed by atoms with E-state index in [9.17, 15) is 9.59 Å². The number of hydrogen-bond donors (Lipinski definition) is 0. The zero-order valence-electron chi connectivity index (χ0n) is 11.6. The molecular weight excluding hydrogens is 232 g/mol. The zero-order chi connectivity index (χ0) is 13.5. The Morgan fingerprint density at radius 2 is 1.94 bits per heavy atom. The van der Waals surface area contributed by atoms with E-state index in [1.807, 2.05) is 4.90 Å². The van der Waals surface area contributed by atoms with Gasteiger partial charge in [0, 0.05) is 32.1 Å². The highest BCUT2D eigenvalue weighted by Crippen LogP contribution is 2.12. The first-order chi connectivity index (χ1) is 8.58. The molecule has 104 valence electrons. The molecule has 0 bridgehead atoms. The summed E-state index contributed by atoms with van der Waals surface area (Å²) in [5.41, 5.74) is 0. The lowest BCUT2D eigenvalue weighted by molar-refractivity contribution is -0.146. The largest absolute Gasteiger partial charge is 0.466 e. The highest BCUT2D eigenvalue weighted by molar-refractivity contribution is 5.81. The number of piperazine rings is 1. The molecule has 0 saturated carbocycles. The predicted molar refractivity (Wildman–Crippen MR) is 69.2 cm³/mol. The van der Waals surface area contributed by atoms with Crippen molar-refractivity contribution in [2.45, 2.75) is 39.2 Å². The Morgan fingerprint density at radius 1 is 1.22 bits per heavy atom. The van der Waals surface area contributed by atoms with Crippen LogP contribution in [0, 0.1) is 0 Å². The number of esters is 1. The predicted octanol–water partition coefficient (Wildman–Crippen LogP) is 0.882. The van der Waals surface area contributed by atoms with Gasteiger partial charge >= 0.3 is 5.97 Å². The van der Waals surface area contributed by atoms with E-state index >= 15 is 0 Å². The Labute approximate surface area is 109 Å². The Hall–Kier alpha value is -1.10. The van der Waals surface area contributed by atoms with Crippen molar-refractivity contribution in [3.8, 4) is 0 Å². The van der Waals surface area contributed by atoms with Crippen molar-refractivity contribution in [2.24, 2.45) is 0 Å². The van der Waals surface area contributed by atoms with Gasteiger partial charge < -0.3 is 9.64 Å². The van der Waals surface area contributed by atoms with E-state index < -0.39 is 0 Å². The van der Waals surface area contributed by atoms with E-state index in [-0.39, 0.29) is 24.7 Å².